The zero-order valence-corrected chi connectivity index (χ0v) is 17.2. The summed E-state index contributed by atoms with van der Waals surface area (Å²) in [4.78, 5) is 47.5. The van der Waals surface area contributed by atoms with Crippen LogP contribution in [-0.4, -0.2) is 28.7 Å². The van der Waals surface area contributed by atoms with Gasteiger partial charge in [0.15, 0.2) is 6.10 Å². The monoisotopic (exact) mass is 432 g/mol. The van der Waals surface area contributed by atoms with Crippen LogP contribution in [0.4, 0.5) is 11.4 Å². The predicted molar refractivity (Wildman–Crippen MR) is 118 cm³/mol. The molecule has 0 fully saturated rings. The van der Waals surface area contributed by atoms with Crippen LogP contribution in [0.15, 0.2) is 78.9 Å². The molecule has 8 nitrogen and oxygen atoms in total. The van der Waals surface area contributed by atoms with E-state index in [9.17, 15) is 24.5 Å². The first-order valence-corrected chi connectivity index (χ1v) is 9.85. The van der Waals surface area contributed by atoms with Crippen LogP contribution >= 0.6 is 0 Å². The lowest BCUT2D eigenvalue weighted by Crippen LogP contribution is -2.26. The number of nitrogens with one attached hydrogen (secondary N) is 1. The summed E-state index contributed by atoms with van der Waals surface area (Å²) in [6, 6.07) is 19.8. The third kappa shape index (κ3) is 5.42. The van der Waals surface area contributed by atoms with Gasteiger partial charge in [0.25, 0.3) is 11.6 Å². The van der Waals surface area contributed by atoms with Crippen molar-refractivity contribution < 1.29 is 24.0 Å². The molecule has 0 radical (unpaired) electrons. The zero-order chi connectivity index (χ0) is 23.1. The standard InChI is InChI=1S/C24H20N2O6/c1-2-21(22(27)16-6-4-3-5-7-16)32-24(29)18-8-12-19(13-9-18)25-23(28)17-10-14-20(15-11-17)26(30)31/h3-15,21H,2H2,1H3,(H,25,28)/t21-/m1/s1. The van der Waals surface area contributed by atoms with Gasteiger partial charge in [-0.05, 0) is 42.8 Å². The van der Waals surface area contributed by atoms with Gasteiger partial charge >= 0.3 is 5.97 Å². The summed E-state index contributed by atoms with van der Waals surface area (Å²) in [5, 5.41) is 13.4. The van der Waals surface area contributed by atoms with Crippen molar-refractivity contribution in [3.8, 4) is 0 Å². The fourth-order valence-electron chi connectivity index (χ4n) is 2.94. The molecule has 8 heteroatoms. The topological polar surface area (TPSA) is 116 Å². The van der Waals surface area contributed by atoms with Gasteiger partial charge in [-0.3, -0.25) is 19.7 Å². The lowest BCUT2D eigenvalue weighted by atomic mass is 10.0. The molecular weight excluding hydrogens is 412 g/mol. The van der Waals surface area contributed by atoms with Crippen molar-refractivity contribution in [1.82, 2.24) is 0 Å². The molecule has 32 heavy (non-hydrogen) atoms. The molecule has 162 valence electrons. The Hall–Kier alpha value is -4.33. The number of ketones is 1. The highest BCUT2D eigenvalue weighted by Crippen LogP contribution is 2.17. The Balaban J connectivity index is 1.62. The minimum atomic E-state index is -0.897. The highest BCUT2D eigenvalue weighted by atomic mass is 16.6. The van der Waals surface area contributed by atoms with E-state index in [1.807, 2.05) is 0 Å². The number of anilines is 1. The number of nitro groups is 1. The number of esters is 1. The number of amides is 1. The second-order valence-corrected chi connectivity index (χ2v) is 6.87. The summed E-state index contributed by atoms with van der Waals surface area (Å²) in [5.74, 6) is -1.36. The number of Topliss-reactive ketones (excluding diaryl/α,β-unsaturated/α-hetero) is 1. The lowest BCUT2D eigenvalue weighted by molar-refractivity contribution is -0.384. The van der Waals surface area contributed by atoms with E-state index >= 15 is 0 Å². The molecule has 0 spiro atoms. The third-order valence-electron chi connectivity index (χ3n) is 4.69. The number of non-ortho nitro benzene ring substituents is 1. The molecule has 0 saturated heterocycles. The summed E-state index contributed by atoms with van der Waals surface area (Å²) in [6.07, 6.45) is -0.561. The lowest BCUT2D eigenvalue weighted by Gasteiger charge is -2.15. The molecule has 1 atom stereocenters. The summed E-state index contributed by atoms with van der Waals surface area (Å²) < 4.78 is 5.39. The van der Waals surface area contributed by atoms with Gasteiger partial charge in [-0.15, -0.1) is 0 Å². The Morgan fingerprint density at radius 1 is 0.875 bits per heavy atom. The highest BCUT2D eigenvalue weighted by molar-refractivity contribution is 6.05. The van der Waals surface area contributed by atoms with Crippen LogP contribution in [-0.2, 0) is 4.74 Å². The SMILES string of the molecule is CC[C@@H](OC(=O)c1ccc(NC(=O)c2ccc([N+](=O)[O-])cc2)cc1)C(=O)c1ccccc1. The van der Waals surface area contributed by atoms with Crippen LogP contribution in [0.25, 0.3) is 0 Å². The molecule has 1 amide bonds. The van der Waals surface area contributed by atoms with Crippen LogP contribution < -0.4 is 5.32 Å². The van der Waals surface area contributed by atoms with E-state index in [1.165, 1.54) is 48.5 Å². The van der Waals surface area contributed by atoms with E-state index in [4.69, 9.17) is 4.74 Å². The normalized spacial score (nSPS) is 11.3. The molecule has 0 heterocycles. The maximum absolute atomic E-state index is 12.5. The van der Waals surface area contributed by atoms with E-state index in [2.05, 4.69) is 5.32 Å². The van der Waals surface area contributed by atoms with Crippen molar-refractivity contribution >= 4 is 29.0 Å². The molecule has 0 bridgehead atoms. The Labute approximate surface area is 184 Å². The maximum Gasteiger partial charge on any atom is 0.338 e. The van der Waals surface area contributed by atoms with Crippen LogP contribution in [0.5, 0.6) is 0 Å². The quantitative estimate of drug-likeness (QED) is 0.239. The summed E-state index contributed by atoms with van der Waals surface area (Å²) in [5.41, 5.74) is 1.27. The Morgan fingerprint density at radius 3 is 2.03 bits per heavy atom. The van der Waals surface area contributed by atoms with Crippen molar-refractivity contribution in [3.63, 3.8) is 0 Å². The molecule has 3 aromatic carbocycles. The molecule has 0 aliphatic rings. The Morgan fingerprint density at radius 2 is 1.47 bits per heavy atom. The highest BCUT2D eigenvalue weighted by Gasteiger charge is 2.23. The summed E-state index contributed by atoms with van der Waals surface area (Å²) in [7, 11) is 0. The molecule has 0 saturated carbocycles. The number of hydrogen-bond acceptors (Lipinski definition) is 6. The first-order chi connectivity index (χ1) is 15.4. The molecule has 0 aliphatic heterocycles. The van der Waals surface area contributed by atoms with E-state index < -0.39 is 22.9 Å². The summed E-state index contributed by atoms with van der Waals surface area (Å²) >= 11 is 0. The molecule has 1 N–H and O–H groups in total. The van der Waals surface area contributed by atoms with Crippen molar-refractivity contribution in [2.24, 2.45) is 0 Å². The maximum atomic E-state index is 12.5. The number of nitrogens with zero attached hydrogens (tertiary/aromatic N) is 1. The molecule has 0 unspecified atom stereocenters. The number of carbonyl (C=O) groups excluding carboxylic acids is 3. The van der Waals surface area contributed by atoms with Crippen LogP contribution in [0.3, 0.4) is 0 Å². The average Bonchev–Trinajstić information content (AvgIpc) is 2.83. The fourth-order valence-corrected chi connectivity index (χ4v) is 2.94. The van der Waals surface area contributed by atoms with Crippen molar-refractivity contribution in [1.29, 1.82) is 0 Å². The first kappa shape index (κ1) is 22.4. The van der Waals surface area contributed by atoms with Gasteiger partial charge in [0.1, 0.15) is 0 Å². The minimum absolute atomic E-state index is 0.111. The predicted octanol–water partition coefficient (Wildman–Crippen LogP) is 4.67. The zero-order valence-electron chi connectivity index (χ0n) is 17.2. The molecule has 3 aromatic rings. The third-order valence-corrected chi connectivity index (χ3v) is 4.69. The van der Waals surface area contributed by atoms with Gasteiger partial charge in [0.05, 0.1) is 10.5 Å². The molecule has 0 aliphatic carbocycles. The fraction of sp³-hybridized carbons (Fsp3) is 0.125. The van der Waals surface area contributed by atoms with Gasteiger partial charge in [0, 0.05) is 28.9 Å². The Kier molecular flexibility index (Phi) is 7.07. The number of benzene rings is 3. The number of carbonyl (C=O) groups is 3. The number of nitro benzene ring substituents is 1. The van der Waals surface area contributed by atoms with Gasteiger partial charge in [-0.25, -0.2) is 4.79 Å². The first-order valence-electron chi connectivity index (χ1n) is 9.85. The average molecular weight is 432 g/mol. The van der Waals surface area contributed by atoms with Crippen LogP contribution in [0.1, 0.15) is 44.4 Å². The largest absolute Gasteiger partial charge is 0.450 e. The molecule has 3 rings (SSSR count). The number of ether oxygens (including phenoxy) is 1. The molecule has 0 aromatic heterocycles. The smallest absolute Gasteiger partial charge is 0.338 e. The second-order valence-electron chi connectivity index (χ2n) is 6.87. The van der Waals surface area contributed by atoms with E-state index in [-0.39, 0.29) is 22.6 Å². The van der Waals surface area contributed by atoms with Gasteiger partial charge in [-0.2, -0.15) is 0 Å². The summed E-state index contributed by atoms with van der Waals surface area (Å²) in [6.45, 7) is 1.76. The second kappa shape index (κ2) is 10.1. The van der Waals surface area contributed by atoms with Gasteiger partial charge < -0.3 is 10.1 Å². The van der Waals surface area contributed by atoms with E-state index in [0.29, 0.717) is 17.7 Å². The van der Waals surface area contributed by atoms with Crippen molar-refractivity contribution in [2.45, 2.75) is 19.4 Å². The van der Waals surface area contributed by atoms with Crippen molar-refractivity contribution in [3.05, 3.63) is 106 Å². The molecular formula is C24H20N2O6. The van der Waals surface area contributed by atoms with Crippen molar-refractivity contribution in [2.75, 3.05) is 5.32 Å². The van der Waals surface area contributed by atoms with Crippen LogP contribution in [0, 0.1) is 10.1 Å². The van der Waals surface area contributed by atoms with Gasteiger partial charge in [0.2, 0.25) is 5.78 Å². The number of rotatable bonds is 8. The van der Waals surface area contributed by atoms with Gasteiger partial charge in [-0.1, -0.05) is 37.3 Å². The van der Waals surface area contributed by atoms with Crippen LogP contribution in [0.2, 0.25) is 0 Å². The van der Waals surface area contributed by atoms with E-state index in [0.717, 1.165) is 0 Å². The Bertz CT molecular complexity index is 1130. The number of hydrogen-bond donors (Lipinski definition) is 1. The van der Waals surface area contributed by atoms with E-state index in [1.54, 1.807) is 37.3 Å². The minimum Gasteiger partial charge on any atom is -0.450 e.